The number of hydrogen-bond donors (Lipinski definition) is 1. The highest BCUT2D eigenvalue weighted by atomic mass is 32.2. The third kappa shape index (κ3) is 4.69. The van der Waals surface area contributed by atoms with Crippen molar-refractivity contribution >= 4 is 20.0 Å². The molecule has 23 heavy (non-hydrogen) atoms. The van der Waals surface area contributed by atoms with E-state index in [0.717, 1.165) is 18.4 Å². The first-order valence-corrected chi connectivity index (χ1v) is 10.3. The van der Waals surface area contributed by atoms with E-state index >= 15 is 0 Å². The molecule has 0 radical (unpaired) electrons. The molecule has 1 fully saturated rings. The fraction of sp³-hybridized carbons (Fsp3) is 0.538. The molecule has 2 rings (SSSR count). The predicted molar refractivity (Wildman–Crippen MR) is 80.7 cm³/mol. The molecule has 0 atom stereocenters. The molecule has 0 spiro atoms. The molecule has 0 aliphatic carbocycles. The minimum Gasteiger partial charge on any atom is -0.213 e. The fourth-order valence-corrected chi connectivity index (χ4v) is 4.49. The van der Waals surface area contributed by atoms with Crippen molar-refractivity contribution in [1.82, 2.24) is 9.03 Å². The normalized spacial score (nSPS) is 18.2. The lowest BCUT2D eigenvalue weighted by Crippen LogP contribution is -2.41. The molecule has 0 saturated carbocycles. The average molecular weight is 368 g/mol. The smallest absolute Gasteiger partial charge is 0.213 e. The van der Waals surface area contributed by atoms with Gasteiger partial charge in [0.25, 0.3) is 0 Å². The van der Waals surface area contributed by atoms with Gasteiger partial charge in [0.15, 0.2) is 0 Å². The number of sulfonamides is 2. The third-order valence-corrected chi connectivity index (χ3v) is 6.55. The molecule has 0 amide bonds. The first kappa shape index (κ1) is 18.2. The quantitative estimate of drug-likeness (QED) is 0.838. The van der Waals surface area contributed by atoms with Gasteiger partial charge in [-0.3, -0.25) is 0 Å². The zero-order valence-corrected chi connectivity index (χ0v) is 14.1. The van der Waals surface area contributed by atoms with Crippen LogP contribution in [-0.4, -0.2) is 47.0 Å². The SMILES string of the molecule is CS(=O)(=O)N1CCC(CNS(=O)(=O)c2ccc(F)cc2F)CC1. The molecular weight excluding hydrogens is 350 g/mol. The number of halogens is 2. The van der Waals surface area contributed by atoms with Crippen molar-refractivity contribution in [2.45, 2.75) is 17.7 Å². The zero-order valence-electron chi connectivity index (χ0n) is 12.5. The Balaban J connectivity index is 1.96. The van der Waals surface area contributed by atoms with E-state index in [0.29, 0.717) is 32.0 Å². The van der Waals surface area contributed by atoms with E-state index in [-0.39, 0.29) is 12.5 Å². The Kier molecular flexibility index (Phi) is 5.39. The third-order valence-electron chi connectivity index (χ3n) is 3.79. The summed E-state index contributed by atoms with van der Waals surface area (Å²) in [5.41, 5.74) is 0. The Bertz CT molecular complexity index is 773. The van der Waals surface area contributed by atoms with Crippen LogP contribution in [0.15, 0.2) is 23.1 Å². The largest absolute Gasteiger partial charge is 0.243 e. The maximum Gasteiger partial charge on any atom is 0.243 e. The maximum atomic E-state index is 13.6. The van der Waals surface area contributed by atoms with Gasteiger partial charge in [0.2, 0.25) is 20.0 Å². The summed E-state index contributed by atoms with van der Waals surface area (Å²) in [4.78, 5) is -0.604. The second-order valence-corrected chi connectivity index (χ2v) is 9.25. The van der Waals surface area contributed by atoms with Crippen LogP contribution in [0.2, 0.25) is 0 Å². The number of rotatable bonds is 5. The second-order valence-electron chi connectivity index (χ2n) is 5.53. The highest BCUT2D eigenvalue weighted by Gasteiger charge is 2.26. The van der Waals surface area contributed by atoms with E-state index < -0.39 is 36.6 Å². The minimum absolute atomic E-state index is 0.0358. The Morgan fingerprint density at radius 1 is 1.17 bits per heavy atom. The van der Waals surface area contributed by atoms with Crippen LogP contribution in [0.3, 0.4) is 0 Å². The van der Waals surface area contributed by atoms with Gasteiger partial charge >= 0.3 is 0 Å². The number of nitrogens with one attached hydrogen (secondary N) is 1. The first-order valence-electron chi connectivity index (χ1n) is 6.99. The van der Waals surface area contributed by atoms with Gasteiger partial charge in [-0.15, -0.1) is 0 Å². The highest BCUT2D eigenvalue weighted by Crippen LogP contribution is 2.20. The molecule has 1 aromatic rings. The van der Waals surface area contributed by atoms with Crippen molar-refractivity contribution in [2.24, 2.45) is 5.92 Å². The summed E-state index contributed by atoms with van der Waals surface area (Å²) in [6, 6.07) is 2.26. The lowest BCUT2D eigenvalue weighted by atomic mass is 9.99. The van der Waals surface area contributed by atoms with Gasteiger partial charge in [-0.25, -0.2) is 34.6 Å². The molecule has 0 aromatic heterocycles. The Morgan fingerprint density at radius 2 is 1.78 bits per heavy atom. The van der Waals surface area contributed by atoms with Gasteiger partial charge in [-0.2, -0.15) is 0 Å². The lowest BCUT2D eigenvalue weighted by molar-refractivity contribution is 0.275. The van der Waals surface area contributed by atoms with Crippen LogP contribution in [0.1, 0.15) is 12.8 Å². The van der Waals surface area contributed by atoms with Crippen LogP contribution < -0.4 is 4.72 Å². The summed E-state index contributed by atoms with van der Waals surface area (Å²) in [5.74, 6) is -2.04. The van der Waals surface area contributed by atoms with Gasteiger partial charge in [-0.05, 0) is 30.9 Å². The van der Waals surface area contributed by atoms with E-state index in [1.54, 1.807) is 0 Å². The molecule has 1 aliphatic heterocycles. The summed E-state index contributed by atoms with van der Waals surface area (Å²) in [6.45, 7) is 0.739. The molecule has 0 bridgehead atoms. The summed E-state index contributed by atoms with van der Waals surface area (Å²) in [6.07, 6.45) is 2.16. The standard InChI is InChI=1S/C13H18F2N2O4S2/c1-22(18,19)17-6-4-10(5-7-17)9-16-23(20,21)13-3-2-11(14)8-12(13)15/h2-3,8,10,16H,4-7,9H2,1H3. The van der Waals surface area contributed by atoms with Gasteiger partial charge in [-0.1, -0.05) is 0 Å². The molecule has 6 nitrogen and oxygen atoms in total. The molecule has 1 saturated heterocycles. The molecular formula is C13H18F2N2O4S2. The average Bonchev–Trinajstić information content (AvgIpc) is 2.44. The Labute approximate surface area is 134 Å². The van der Waals surface area contributed by atoms with E-state index in [1.807, 2.05) is 0 Å². The van der Waals surface area contributed by atoms with Gasteiger partial charge in [0.1, 0.15) is 16.5 Å². The van der Waals surface area contributed by atoms with Gasteiger partial charge in [0.05, 0.1) is 6.26 Å². The molecule has 1 N–H and O–H groups in total. The Hall–Kier alpha value is -1.10. The molecule has 1 aliphatic rings. The lowest BCUT2D eigenvalue weighted by Gasteiger charge is -2.30. The fourth-order valence-electron chi connectivity index (χ4n) is 2.44. The number of nitrogens with zero attached hydrogens (tertiary/aromatic N) is 1. The van der Waals surface area contributed by atoms with Gasteiger partial charge in [0, 0.05) is 25.7 Å². The van der Waals surface area contributed by atoms with Crippen LogP contribution in [0, 0.1) is 17.6 Å². The summed E-state index contributed by atoms with van der Waals surface area (Å²) in [7, 11) is -7.31. The van der Waals surface area contributed by atoms with Crippen LogP contribution >= 0.6 is 0 Å². The van der Waals surface area contributed by atoms with E-state index in [9.17, 15) is 25.6 Å². The summed E-state index contributed by atoms with van der Waals surface area (Å²) < 4.78 is 76.9. The molecule has 0 unspecified atom stereocenters. The van der Waals surface area contributed by atoms with Crippen molar-refractivity contribution in [3.05, 3.63) is 29.8 Å². The second kappa shape index (κ2) is 6.80. The summed E-state index contributed by atoms with van der Waals surface area (Å²) >= 11 is 0. The van der Waals surface area contributed by atoms with Crippen LogP contribution in [-0.2, 0) is 20.0 Å². The van der Waals surface area contributed by atoms with Crippen molar-refractivity contribution in [3.8, 4) is 0 Å². The van der Waals surface area contributed by atoms with E-state index in [2.05, 4.69) is 4.72 Å². The minimum atomic E-state index is -4.07. The number of benzene rings is 1. The van der Waals surface area contributed by atoms with Crippen molar-refractivity contribution in [2.75, 3.05) is 25.9 Å². The van der Waals surface area contributed by atoms with Crippen LogP contribution in [0.5, 0.6) is 0 Å². The summed E-state index contributed by atoms with van der Waals surface area (Å²) in [5, 5.41) is 0. The molecule has 1 aromatic carbocycles. The maximum absolute atomic E-state index is 13.6. The highest BCUT2D eigenvalue weighted by molar-refractivity contribution is 7.89. The van der Waals surface area contributed by atoms with Gasteiger partial charge < -0.3 is 0 Å². The van der Waals surface area contributed by atoms with E-state index in [4.69, 9.17) is 0 Å². The van der Waals surface area contributed by atoms with Crippen molar-refractivity contribution < 1.29 is 25.6 Å². The van der Waals surface area contributed by atoms with Crippen LogP contribution in [0.25, 0.3) is 0 Å². The molecule has 1 heterocycles. The molecule has 10 heteroatoms. The zero-order chi connectivity index (χ0) is 17.3. The number of hydrogen-bond acceptors (Lipinski definition) is 4. The number of piperidine rings is 1. The van der Waals surface area contributed by atoms with Crippen molar-refractivity contribution in [1.29, 1.82) is 0 Å². The molecule has 130 valence electrons. The Morgan fingerprint density at radius 3 is 2.30 bits per heavy atom. The van der Waals surface area contributed by atoms with Crippen LogP contribution in [0.4, 0.5) is 8.78 Å². The first-order chi connectivity index (χ1) is 10.6. The topological polar surface area (TPSA) is 83.6 Å². The van der Waals surface area contributed by atoms with E-state index in [1.165, 1.54) is 4.31 Å². The van der Waals surface area contributed by atoms with Crippen molar-refractivity contribution in [3.63, 3.8) is 0 Å². The monoisotopic (exact) mass is 368 g/mol. The predicted octanol–water partition coefficient (Wildman–Crippen LogP) is 0.915.